The zero-order valence-electron chi connectivity index (χ0n) is 12.2. The fourth-order valence-electron chi connectivity index (χ4n) is 2.34. The summed E-state index contributed by atoms with van der Waals surface area (Å²) in [5.74, 6) is -0.0112. The van der Waals surface area contributed by atoms with E-state index in [9.17, 15) is 9.90 Å². The van der Waals surface area contributed by atoms with Crippen molar-refractivity contribution in [2.75, 3.05) is 53.4 Å². The highest BCUT2D eigenvalue weighted by molar-refractivity contribution is 5.96. The molecule has 1 heterocycles. The van der Waals surface area contributed by atoms with Crippen molar-refractivity contribution in [3.63, 3.8) is 0 Å². The number of amides is 1. The van der Waals surface area contributed by atoms with Crippen LogP contribution in [0.5, 0.6) is 5.75 Å². The van der Waals surface area contributed by atoms with Crippen molar-refractivity contribution in [2.45, 2.75) is 0 Å². The van der Waals surface area contributed by atoms with E-state index in [-0.39, 0.29) is 11.7 Å². The number of hydrogen-bond donors (Lipinski definition) is 1. The van der Waals surface area contributed by atoms with Gasteiger partial charge < -0.3 is 14.9 Å². The van der Waals surface area contributed by atoms with Crippen LogP contribution in [-0.4, -0.2) is 79.1 Å². The van der Waals surface area contributed by atoms with Gasteiger partial charge in [0.2, 0.25) is 0 Å². The Labute approximate surface area is 120 Å². The lowest BCUT2D eigenvalue weighted by Gasteiger charge is -2.35. The molecule has 1 aliphatic rings. The number of carbonyl (C=O) groups excluding carboxylic acids is 1. The maximum atomic E-state index is 12.3. The average Bonchev–Trinajstić information content (AvgIpc) is 2.45. The van der Waals surface area contributed by atoms with Gasteiger partial charge in [0.1, 0.15) is 5.75 Å². The first-order valence-electron chi connectivity index (χ1n) is 7.02. The summed E-state index contributed by atoms with van der Waals surface area (Å²) >= 11 is 0. The van der Waals surface area contributed by atoms with Gasteiger partial charge in [-0.25, -0.2) is 0 Å². The second-order valence-electron chi connectivity index (χ2n) is 5.45. The van der Waals surface area contributed by atoms with Crippen molar-refractivity contribution in [3.8, 4) is 5.75 Å². The van der Waals surface area contributed by atoms with Crippen LogP contribution in [0.15, 0.2) is 24.3 Å². The molecule has 1 fully saturated rings. The van der Waals surface area contributed by atoms with Crippen LogP contribution in [0.3, 0.4) is 0 Å². The number of para-hydroxylation sites is 1. The third-order valence-corrected chi connectivity index (χ3v) is 3.66. The molecule has 0 spiro atoms. The van der Waals surface area contributed by atoms with Crippen LogP contribution in [0.2, 0.25) is 0 Å². The number of aromatic hydroxyl groups is 1. The molecule has 0 bridgehead atoms. The van der Waals surface area contributed by atoms with Gasteiger partial charge in [-0.15, -0.1) is 0 Å². The van der Waals surface area contributed by atoms with E-state index in [0.717, 1.165) is 39.3 Å². The fourth-order valence-corrected chi connectivity index (χ4v) is 2.34. The van der Waals surface area contributed by atoms with Crippen LogP contribution in [0, 0.1) is 0 Å². The largest absolute Gasteiger partial charge is 0.507 e. The molecular formula is C15H23N3O2. The number of carbonyl (C=O) groups is 1. The second kappa shape index (κ2) is 6.72. The summed E-state index contributed by atoms with van der Waals surface area (Å²) < 4.78 is 0. The summed E-state index contributed by atoms with van der Waals surface area (Å²) in [6.07, 6.45) is 0. The Hall–Kier alpha value is -1.59. The zero-order valence-corrected chi connectivity index (χ0v) is 12.2. The maximum Gasteiger partial charge on any atom is 0.257 e. The minimum atomic E-state index is -0.0737. The first-order chi connectivity index (χ1) is 9.58. The van der Waals surface area contributed by atoms with E-state index in [2.05, 4.69) is 23.9 Å². The molecule has 5 heteroatoms. The van der Waals surface area contributed by atoms with Gasteiger partial charge in [-0.3, -0.25) is 9.69 Å². The van der Waals surface area contributed by atoms with Crippen molar-refractivity contribution in [2.24, 2.45) is 0 Å². The highest BCUT2D eigenvalue weighted by atomic mass is 16.3. The molecule has 2 rings (SSSR count). The molecule has 110 valence electrons. The van der Waals surface area contributed by atoms with Crippen LogP contribution in [-0.2, 0) is 0 Å². The first kappa shape index (κ1) is 14.8. The van der Waals surface area contributed by atoms with Crippen molar-refractivity contribution in [1.29, 1.82) is 0 Å². The van der Waals surface area contributed by atoms with Gasteiger partial charge in [0.15, 0.2) is 0 Å². The third-order valence-electron chi connectivity index (χ3n) is 3.66. The molecule has 0 saturated carbocycles. The molecule has 0 unspecified atom stereocenters. The molecule has 0 atom stereocenters. The molecule has 0 aliphatic carbocycles. The molecule has 5 nitrogen and oxygen atoms in total. The van der Waals surface area contributed by atoms with Crippen molar-refractivity contribution in [3.05, 3.63) is 29.8 Å². The first-order valence-corrected chi connectivity index (χ1v) is 7.02. The zero-order chi connectivity index (χ0) is 14.5. The summed E-state index contributed by atoms with van der Waals surface area (Å²) in [7, 11) is 4.13. The Morgan fingerprint density at radius 2 is 1.85 bits per heavy atom. The number of likely N-dealkylation sites (N-methyl/N-ethyl adjacent to an activating group) is 1. The topological polar surface area (TPSA) is 47.0 Å². The Kier molecular flexibility index (Phi) is 4.98. The number of phenolic OH excluding ortho intramolecular Hbond substituents is 1. The predicted molar refractivity (Wildman–Crippen MR) is 79.0 cm³/mol. The number of hydrogen-bond acceptors (Lipinski definition) is 4. The van der Waals surface area contributed by atoms with Gasteiger partial charge in [-0.05, 0) is 26.2 Å². The molecular weight excluding hydrogens is 254 g/mol. The molecule has 0 aromatic heterocycles. The smallest absolute Gasteiger partial charge is 0.257 e. The number of rotatable bonds is 4. The molecule has 20 heavy (non-hydrogen) atoms. The number of piperazine rings is 1. The van der Waals surface area contributed by atoms with E-state index < -0.39 is 0 Å². The number of phenols is 1. The number of nitrogens with zero attached hydrogens (tertiary/aromatic N) is 3. The van der Waals surface area contributed by atoms with Crippen molar-refractivity contribution in [1.82, 2.24) is 14.7 Å². The lowest BCUT2D eigenvalue weighted by molar-refractivity contribution is 0.0627. The van der Waals surface area contributed by atoms with Gasteiger partial charge >= 0.3 is 0 Å². The Balaban J connectivity index is 1.88. The SMILES string of the molecule is CN(C)CCN1CCN(C(=O)c2ccccc2O)CC1. The Morgan fingerprint density at radius 1 is 1.20 bits per heavy atom. The summed E-state index contributed by atoms with van der Waals surface area (Å²) in [6.45, 7) is 5.31. The molecule has 0 radical (unpaired) electrons. The monoisotopic (exact) mass is 277 g/mol. The van der Waals surface area contributed by atoms with Gasteiger partial charge in [0.05, 0.1) is 5.56 Å². The van der Waals surface area contributed by atoms with Gasteiger partial charge in [0.25, 0.3) is 5.91 Å². The average molecular weight is 277 g/mol. The highest BCUT2D eigenvalue weighted by Gasteiger charge is 2.23. The van der Waals surface area contributed by atoms with E-state index in [4.69, 9.17) is 0 Å². The molecule has 1 aromatic rings. The molecule has 1 saturated heterocycles. The van der Waals surface area contributed by atoms with Crippen LogP contribution in [0.4, 0.5) is 0 Å². The fraction of sp³-hybridized carbons (Fsp3) is 0.533. The van der Waals surface area contributed by atoms with Crippen LogP contribution < -0.4 is 0 Å². The summed E-state index contributed by atoms with van der Waals surface area (Å²) in [5.41, 5.74) is 0.397. The highest BCUT2D eigenvalue weighted by Crippen LogP contribution is 2.18. The quantitative estimate of drug-likeness (QED) is 0.880. The Morgan fingerprint density at radius 3 is 2.45 bits per heavy atom. The van der Waals surface area contributed by atoms with Gasteiger partial charge in [-0.1, -0.05) is 12.1 Å². The standard InChI is InChI=1S/C15H23N3O2/c1-16(2)7-8-17-9-11-18(12-10-17)15(20)13-5-3-4-6-14(13)19/h3-6,19H,7-12H2,1-2H3. The summed E-state index contributed by atoms with van der Waals surface area (Å²) in [6, 6.07) is 6.74. The molecule has 1 aromatic carbocycles. The number of benzene rings is 1. The second-order valence-corrected chi connectivity index (χ2v) is 5.45. The molecule has 1 amide bonds. The Bertz CT molecular complexity index is 454. The van der Waals surface area contributed by atoms with E-state index in [1.807, 2.05) is 4.90 Å². The van der Waals surface area contributed by atoms with E-state index >= 15 is 0 Å². The summed E-state index contributed by atoms with van der Waals surface area (Å²) in [5, 5.41) is 9.75. The maximum absolute atomic E-state index is 12.3. The minimum Gasteiger partial charge on any atom is -0.507 e. The van der Waals surface area contributed by atoms with Crippen LogP contribution >= 0.6 is 0 Å². The normalized spacial score (nSPS) is 16.6. The van der Waals surface area contributed by atoms with E-state index in [0.29, 0.717) is 5.56 Å². The minimum absolute atomic E-state index is 0.0625. The third kappa shape index (κ3) is 3.71. The summed E-state index contributed by atoms with van der Waals surface area (Å²) in [4.78, 5) is 18.7. The van der Waals surface area contributed by atoms with Gasteiger partial charge in [0, 0.05) is 39.3 Å². The lowest BCUT2D eigenvalue weighted by Crippen LogP contribution is -2.49. The van der Waals surface area contributed by atoms with Crippen LogP contribution in [0.1, 0.15) is 10.4 Å². The lowest BCUT2D eigenvalue weighted by atomic mass is 10.1. The van der Waals surface area contributed by atoms with Crippen molar-refractivity contribution >= 4 is 5.91 Å². The van der Waals surface area contributed by atoms with Crippen LogP contribution in [0.25, 0.3) is 0 Å². The van der Waals surface area contributed by atoms with E-state index in [1.165, 1.54) is 0 Å². The van der Waals surface area contributed by atoms with E-state index in [1.54, 1.807) is 24.3 Å². The molecule has 1 N–H and O–H groups in total. The van der Waals surface area contributed by atoms with Crippen molar-refractivity contribution < 1.29 is 9.90 Å². The predicted octanol–water partition coefficient (Wildman–Crippen LogP) is 0.712. The molecule has 1 aliphatic heterocycles. The van der Waals surface area contributed by atoms with Gasteiger partial charge in [-0.2, -0.15) is 0 Å².